The molecule has 16 nitrogen and oxygen atoms in total. The number of carbonyl (C=O) groups excluding carboxylic acids is 3. The van der Waals surface area contributed by atoms with Crippen LogP contribution in [0.5, 0.6) is 40.2 Å². The first-order valence-corrected chi connectivity index (χ1v) is 49.9. The fraction of sp³-hybridized carbons (Fsp3) is 0.462. The molecule has 0 bridgehead atoms. The highest BCUT2D eigenvalue weighted by Crippen LogP contribution is 2.50. The van der Waals surface area contributed by atoms with E-state index in [1.807, 2.05) is 91.0 Å². The third-order valence-electron chi connectivity index (χ3n) is 26.5. The van der Waals surface area contributed by atoms with Gasteiger partial charge in [-0.3, -0.25) is 0 Å². The molecular weight excluding hydrogens is 1700 g/mol. The van der Waals surface area contributed by atoms with Crippen LogP contribution in [-0.2, 0) is 27.2 Å². The number of halogens is 2. The molecule has 9 aromatic carbocycles. The maximum absolute atomic E-state index is 16.1. The highest BCUT2D eigenvalue weighted by Gasteiger charge is 2.30. The van der Waals surface area contributed by atoms with Crippen LogP contribution < -0.4 is 33.2 Å². The molecule has 0 atom stereocenters. The van der Waals surface area contributed by atoms with Crippen molar-refractivity contribution in [3.8, 4) is 107 Å². The van der Waals surface area contributed by atoms with Crippen molar-refractivity contribution in [1.29, 1.82) is 0 Å². The van der Waals surface area contributed by atoms with Gasteiger partial charge < -0.3 is 63.8 Å². The molecule has 3 aliphatic carbocycles. The zero-order valence-electron chi connectivity index (χ0n) is 81.2. The molecule has 9 aromatic rings. The van der Waals surface area contributed by atoms with Crippen LogP contribution in [0.3, 0.4) is 0 Å². The number of rotatable bonds is 48. The van der Waals surface area contributed by atoms with Crippen molar-refractivity contribution >= 4 is 17.9 Å². The minimum absolute atomic E-state index is 0.0341. The summed E-state index contributed by atoms with van der Waals surface area (Å²) in [5, 5.41) is 55.8. The summed E-state index contributed by atoms with van der Waals surface area (Å²) in [5.41, 5.74) is 16.2. The summed E-state index contributed by atoms with van der Waals surface area (Å²) in [7, 11) is 0. The molecule has 0 aliphatic heterocycles. The Balaban J connectivity index is 0.000000210. The minimum atomic E-state index is -0.622. The van der Waals surface area contributed by atoms with E-state index in [2.05, 4.69) is 83.8 Å². The number of aliphatic hydroxyl groups excluding tert-OH is 6. The largest absolute Gasteiger partial charge is 0.491 e. The number of aliphatic hydroxyl groups is 6. The predicted octanol–water partition coefficient (Wildman–Crippen LogP) is 27.2. The zero-order chi connectivity index (χ0) is 96.5. The molecule has 3 fully saturated rings. The maximum atomic E-state index is 16.1. The van der Waals surface area contributed by atoms with Gasteiger partial charge in [0.2, 0.25) is 0 Å². The van der Waals surface area contributed by atoms with Gasteiger partial charge >= 0.3 is 17.9 Å². The van der Waals surface area contributed by atoms with Crippen LogP contribution in [0.4, 0.5) is 8.78 Å². The van der Waals surface area contributed by atoms with Gasteiger partial charge in [-0.1, -0.05) is 196 Å². The van der Waals surface area contributed by atoms with Gasteiger partial charge in [0.15, 0.2) is 23.0 Å². The van der Waals surface area contributed by atoms with Gasteiger partial charge in [0.1, 0.15) is 42.1 Å². The number of aryl methyl sites for hydroxylation is 2. The lowest BCUT2D eigenvalue weighted by molar-refractivity contribution is -0.131. The topological polar surface area (TPSA) is 237 Å². The quantitative estimate of drug-likeness (QED) is 0.00900. The van der Waals surface area contributed by atoms with Gasteiger partial charge in [0.25, 0.3) is 0 Å². The number of unbranched alkanes of at least 4 members (excludes halogenated alkanes) is 7. The monoisotopic (exact) mass is 1850 g/mol. The van der Waals surface area contributed by atoms with Gasteiger partial charge in [-0.25, -0.2) is 23.2 Å². The Bertz CT molecular complexity index is 5300. The smallest absolute Gasteiger partial charge is 0.338 e. The Morgan fingerprint density at radius 2 is 0.733 bits per heavy atom. The molecule has 12 rings (SSSR count). The van der Waals surface area contributed by atoms with Crippen molar-refractivity contribution in [3.63, 3.8) is 0 Å². The van der Waals surface area contributed by atoms with Crippen LogP contribution in [0.2, 0.25) is 0 Å². The fourth-order valence-corrected chi connectivity index (χ4v) is 19.0. The lowest BCUT2D eigenvalue weighted by Crippen LogP contribution is -2.13. The summed E-state index contributed by atoms with van der Waals surface area (Å²) in [6.07, 6.45) is 32.7. The van der Waals surface area contributed by atoms with Gasteiger partial charge in [-0.05, 0) is 343 Å². The van der Waals surface area contributed by atoms with Crippen LogP contribution in [0.1, 0.15) is 279 Å². The van der Waals surface area contributed by atoms with E-state index in [1.165, 1.54) is 120 Å². The van der Waals surface area contributed by atoms with E-state index in [4.69, 9.17) is 33.2 Å². The van der Waals surface area contributed by atoms with E-state index in [-0.39, 0.29) is 88.0 Å². The first kappa shape index (κ1) is 106. The van der Waals surface area contributed by atoms with E-state index < -0.39 is 17.9 Å². The molecule has 0 saturated heterocycles. The van der Waals surface area contributed by atoms with Crippen molar-refractivity contribution in [2.24, 2.45) is 17.8 Å². The van der Waals surface area contributed by atoms with E-state index in [0.29, 0.717) is 143 Å². The van der Waals surface area contributed by atoms with E-state index in [1.54, 1.807) is 57.2 Å². The van der Waals surface area contributed by atoms with Crippen LogP contribution in [0.15, 0.2) is 200 Å². The third-order valence-corrected chi connectivity index (χ3v) is 26.5. The summed E-state index contributed by atoms with van der Waals surface area (Å²) in [4.78, 5) is 38.4. The molecule has 135 heavy (non-hydrogen) atoms. The van der Waals surface area contributed by atoms with Gasteiger partial charge in [0.05, 0.1) is 26.4 Å². The van der Waals surface area contributed by atoms with E-state index >= 15 is 8.78 Å². The summed E-state index contributed by atoms with van der Waals surface area (Å²) < 4.78 is 73.4. The third kappa shape index (κ3) is 32.0. The average Bonchev–Trinajstić information content (AvgIpc) is 0.782. The molecule has 0 amide bonds. The lowest BCUT2D eigenvalue weighted by atomic mass is 9.76. The van der Waals surface area contributed by atoms with Crippen molar-refractivity contribution in [2.45, 2.75) is 265 Å². The summed E-state index contributed by atoms with van der Waals surface area (Å²) in [6, 6.07) is 52.2. The average molecular weight is 1850 g/mol. The molecule has 726 valence electrons. The van der Waals surface area contributed by atoms with Crippen molar-refractivity contribution < 1.29 is 87.0 Å². The molecule has 0 radical (unpaired) electrons. The van der Waals surface area contributed by atoms with Crippen LogP contribution in [-0.4, -0.2) is 115 Å². The predicted molar refractivity (Wildman–Crippen MR) is 539 cm³/mol. The first-order valence-electron chi connectivity index (χ1n) is 49.9. The molecule has 0 aromatic heterocycles. The summed E-state index contributed by atoms with van der Waals surface area (Å²) in [5.74, 6) is 4.30. The van der Waals surface area contributed by atoms with Crippen LogP contribution >= 0.6 is 0 Å². The molecule has 0 spiro atoms. The molecule has 3 aliphatic rings. The van der Waals surface area contributed by atoms with Gasteiger partial charge in [-0.2, -0.15) is 0 Å². The lowest BCUT2D eigenvalue weighted by Gasteiger charge is -2.29. The Morgan fingerprint density at radius 3 is 1.16 bits per heavy atom. The van der Waals surface area contributed by atoms with Gasteiger partial charge in [-0.15, -0.1) is 0 Å². The number of hydrogen-bond donors (Lipinski definition) is 6. The van der Waals surface area contributed by atoms with E-state index in [9.17, 15) is 45.0 Å². The highest BCUT2D eigenvalue weighted by atomic mass is 19.1. The molecular formula is C117H148F2O16. The number of benzene rings is 9. The Kier molecular flexibility index (Phi) is 44.3. The van der Waals surface area contributed by atoms with Crippen LogP contribution in [0, 0.1) is 36.3 Å². The number of esters is 3. The fourth-order valence-electron chi connectivity index (χ4n) is 19.0. The normalized spacial score (nSPS) is 16.3. The van der Waals surface area contributed by atoms with Crippen LogP contribution in [0.25, 0.3) is 66.8 Å². The van der Waals surface area contributed by atoms with Gasteiger partial charge in [0, 0.05) is 71.0 Å². The second-order valence-electron chi connectivity index (χ2n) is 37.2. The molecule has 6 N–H and O–H groups in total. The molecule has 0 unspecified atom stereocenters. The summed E-state index contributed by atoms with van der Waals surface area (Å²) in [6.45, 7) is 26.0. The molecule has 3 saturated carbocycles. The molecule has 18 heteroatoms. The number of hydrogen-bond acceptors (Lipinski definition) is 16. The van der Waals surface area contributed by atoms with Crippen molar-refractivity contribution in [3.05, 3.63) is 245 Å². The second-order valence-corrected chi connectivity index (χ2v) is 37.2. The Morgan fingerprint density at radius 1 is 0.333 bits per heavy atom. The van der Waals surface area contributed by atoms with E-state index in [0.717, 1.165) is 118 Å². The second kappa shape index (κ2) is 56.2. The summed E-state index contributed by atoms with van der Waals surface area (Å²) >= 11 is 0. The zero-order valence-corrected chi connectivity index (χ0v) is 81.2. The Hall–Kier alpha value is -10.6. The maximum Gasteiger partial charge on any atom is 0.338 e. The van der Waals surface area contributed by atoms with Crippen molar-refractivity contribution in [1.82, 2.24) is 0 Å². The standard InChI is InChI=1S/C41H53FO4.C39H50O6.C37H45FO6/c1-4-5-7-12-30-17-19-32(20-18-30)33-21-22-36(39(42)27-33)35-26-38(34-15-10-13-31(25-34)14-11-24-44)37(16-8-6-9-23-43)40(28-35)46-41(45)29(2)3;1-5-6-10-29-13-15-30(16-14-29)31-17-18-35(28(4)23-31)33-25-36(32-11-9-12-34(24-32)43-22-20-41)38(44-21-8-7-19-40)37(26-33)45-39(42)27(2)3;1-4-8-26-11-13-27(14-12-26)28-15-16-32(34(38)23-28)30-22-33(29-9-7-10-31(21-29)42-20-18-40)36(43-19-6-5-17-39)35(24-30)44-37(41)25(2)3/h10,13,15,21-22,25-28,30,32,43-44H,2,4-9,11-12,14,16-20,23-24H2,1,3H3;9,11-12,17-18,23-26,29-30,40-41H,2,5-8,10,13-16,19-22H2,1,3-4H3;7,9-10,15-16,21-24,26-27,39-40H,2,4-6,8,11-14,17-20H2,1,3H3. The Labute approximate surface area is 801 Å². The van der Waals surface area contributed by atoms with Crippen molar-refractivity contribution in [2.75, 3.05) is 66.1 Å². The highest BCUT2D eigenvalue weighted by molar-refractivity contribution is 5.93. The number of ether oxygens (including phenoxy) is 7. The minimum Gasteiger partial charge on any atom is -0.491 e. The SMILES string of the molecule is C=C(C)C(=O)Oc1cc(-c2ccc(C3CCC(CCC)CC3)cc2F)cc(-c2cccc(OCCO)c2)c1OCCCCO.C=C(C)C(=O)Oc1cc(-c2ccc(C3CCC(CCCC)CC3)cc2C)cc(-c2cccc(OCCO)c2)c1OCCCCO.C=C(C)C(=O)Oc1cc(-c2ccc(C3CCC(CCCCC)CC3)cc2F)cc(-c2cccc(CCCO)c2)c1CCCCCO. The molecule has 0 heterocycles. The first-order chi connectivity index (χ1) is 65.5. The number of carbonyl (C=O) groups is 3.